The molecule has 0 radical (unpaired) electrons. The topological polar surface area (TPSA) is 12.0 Å². The van der Waals surface area contributed by atoms with Gasteiger partial charge in [-0.05, 0) is 49.9 Å². The third-order valence-electron chi connectivity index (χ3n) is 3.24. The molecule has 0 fully saturated rings. The smallest absolute Gasteiger partial charge is 0.129 e. The lowest BCUT2D eigenvalue weighted by atomic mass is 10.0. The molecule has 0 aliphatic rings. The highest BCUT2D eigenvalue weighted by Crippen LogP contribution is 2.17. The van der Waals surface area contributed by atoms with Crippen molar-refractivity contribution in [3.05, 3.63) is 57.8 Å². The van der Waals surface area contributed by atoms with Gasteiger partial charge < -0.3 is 5.32 Å². The zero-order valence-electron chi connectivity index (χ0n) is 10.8. The van der Waals surface area contributed by atoms with Crippen LogP contribution in [-0.2, 0) is 12.8 Å². The van der Waals surface area contributed by atoms with Crippen LogP contribution >= 0.6 is 11.3 Å². The number of hydrogen-bond acceptors (Lipinski definition) is 2. The Morgan fingerprint density at radius 1 is 1.16 bits per heavy atom. The van der Waals surface area contributed by atoms with Crippen molar-refractivity contribution >= 4 is 11.3 Å². The summed E-state index contributed by atoms with van der Waals surface area (Å²) in [5, 5.41) is 5.18. The van der Waals surface area contributed by atoms with E-state index in [1.165, 1.54) is 23.1 Å². The van der Waals surface area contributed by atoms with E-state index >= 15 is 0 Å². The quantitative estimate of drug-likeness (QED) is 0.849. The highest BCUT2D eigenvalue weighted by molar-refractivity contribution is 7.09. The van der Waals surface area contributed by atoms with Crippen LogP contribution in [0.5, 0.6) is 0 Å². The summed E-state index contributed by atoms with van der Waals surface area (Å²) in [7, 11) is 1.83. The summed E-state index contributed by atoms with van der Waals surface area (Å²) in [5.74, 6) is -0.923. The van der Waals surface area contributed by atoms with E-state index in [4.69, 9.17) is 0 Å². The molecule has 0 bridgehead atoms. The first-order valence-corrected chi connectivity index (χ1v) is 7.21. The van der Waals surface area contributed by atoms with E-state index in [1.54, 1.807) is 11.3 Å². The van der Waals surface area contributed by atoms with Crippen molar-refractivity contribution in [1.29, 1.82) is 0 Å². The summed E-state index contributed by atoms with van der Waals surface area (Å²) in [4.78, 5) is 1.30. The van der Waals surface area contributed by atoms with E-state index < -0.39 is 11.6 Å². The van der Waals surface area contributed by atoms with E-state index in [9.17, 15) is 8.78 Å². The van der Waals surface area contributed by atoms with Gasteiger partial charge in [-0.1, -0.05) is 12.1 Å². The molecule has 4 heteroatoms. The summed E-state index contributed by atoms with van der Waals surface area (Å²) >= 11 is 1.71. The second-order valence-corrected chi connectivity index (χ2v) is 5.54. The highest BCUT2D eigenvalue weighted by Gasteiger charge is 2.14. The Bertz CT molecular complexity index is 491. The zero-order valence-corrected chi connectivity index (χ0v) is 11.6. The molecule has 0 aliphatic carbocycles. The number of aryl methyl sites for hydroxylation is 1. The van der Waals surface area contributed by atoms with Crippen molar-refractivity contribution in [2.45, 2.75) is 25.3 Å². The lowest BCUT2D eigenvalue weighted by Crippen LogP contribution is -2.28. The van der Waals surface area contributed by atoms with E-state index in [2.05, 4.69) is 11.4 Å². The summed E-state index contributed by atoms with van der Waals surface area (Å²) in [6.07, 6.45) is 2.17. The molecule has 0 amide bonds. The number of thiophene rings is 1. The zero-order chi connectivity index (χ0) is 13.7. The number of halogens is 2. The number of rotatable bonds is 6. The molecular weight excluding hydrogens is 264 g/mol. The van der Waals surface area contributed by atoms with E-state index in [0.29, 0.717) is 6.42 Å². The van der Waals surface area contributed by atoms with Crippen molar-refractivity contribution < 1.29 is 8.78 Å². The molecule has 0 aliphatic heterocycles. The van der Waals surface area contributed by atoms with Crippen molar-refractivity contribution in [2.24, 2.45) is 0 Å². The summed E-state index contributed by atoms with van der Waals surface area (Å²) in [6, 6.07) is 8.20. The lowest BCUT2D eigenvalue weighted by molar-refractivity contribution is 0.484. The molecular formula is C15H17F2NS. The average Bonchev–Trinajstić information content (AvgIpc) is 2.91. The minimum absolute atomic E-state index is 0.0773. The summed E-state index contributed by atoms with van der Waals surface area (Å²) < 4.78 is 27.2. The van der Waals surface area contributed by atoms with Crippen LogP contribution in [0.1, 0.15) is 16.9 Å². The number of nitrogens with one attached hydrogen (secondary N) is 1. The Kier molecular flexibility index (Phi) is 5.05. The molecule has 0 spiro atoms. The predicted molar refractivity (Wildman–Crippen MR) is 75.5 cm³/mol. The van der Waals surface area contributed by atoms with Crippen molar-refractivity contribution in [3.8, 4) is 0 Å². The predicted octanol–water partition coefficient (Wildman–Crippen LogP) is 3.79. The molecule has 1 N–H and O–H groups in total. The molecule has 1 heterocycles. The first-order valence-electron chi connectivity index (χ1n) is 6.33. The average molecular weight is 281 g/mol. The van der Waals surface area contributed by atoms with Gasteiger partial charge in [0.05, 0.1) is 0 Å². The van der Waals surface area contributed by atoms with Gasteiger partial charge in [0.25, 0.3) is 0 Å². The first-order chi connectivity index (χ1) is 9.20. The van der Waals surface area contributed by atoms with Gasteiger partial charge in [0.1, 0.15) is 11.6 Å². The minimum Gasteiger partial charge on any atom is -0.317 e. The van der Waals surface area contributed by atoms with Gasteiger partial charge in [-0.2, -0.15) is 0 Å². The molecule has 1 atom stereocenters. The monoisotopic (exact) mass is 281 g/mol. The van der Waals surface area contributed by atoms with Gasteiger partial charge in [0.15, 0.2) is 0 Å². The fourth-order valence-corrected chi connectivity index (χ4v) is 2.82. The Morgan fingerprint density at radius 2 is 1.89 bits per heavy atom. The minimum atomic E-state index is -0.462. The van der Waals surface area contributed by atoms with Gasteiger partial charge in [0, 0.05) is 16.5 Å². The van der Waals surface area contributed by atoms with Gasteiger partial charge in [-0.3, -0.25) is 0 Å². The maximum absolute atomic E-state index is 13.6. The summed E-state index contributed by atoms with van der Waals surface area (Å²) in [5.41, 5.74) is 0.174. The molecule has 102 valence electrons. The maximum atomic E-state index is 13.6. The van der Waals surface area contributed by atoms with Crippen LogP contribution in [0.3, 0.4) is 0 Å². The van der Waals surface area contributed by atoms with Crippen molar-refractivity contribution in [1.82, 2.24) is 5.32 Å². The summed E-state index contributed by atoms with van der Waals surface area (Å²) in [6.45, 7) is 0. The second-order valence-electron chi connectivity index (χ2n) is 4.51. The van der Waals surface area contributed by atoms with Crippen LogP contribution in [0.2, 0.25) is 0 Å². The van der Waals surface area contributed by atoms with Crippen LogP contribution in [0.4, 0.5) is 8.78 Å². The molecule has 2 aromatic rings. The number of hydrogen-bond donors (Lipinski definition) is 1. The normalized spacial score (nSPS) is 12.6. The molecule has 1 nitrogen and oxygen atoms in total. The maximum Gasteiger partial charge on any atom is 0.129 e. The first kappa shape index (κ1) is 14.2. The molecule has 1 aromatic carbocycles. The van der Waals surface area contributed by atoms with Crippen molar-refractivity contribution in [2.75, 3.05) is 7.05 Å². The second kappa shape index (κ2) is 6.78. The van der Waals surface area contributed by atoms with Crippen molar-refractivity contribution in [3.63, 3.8) is 0 Å². The van der Waals surface area contributed by atoms with Gasteiger partial charge >= 0.3 is 0 Å². The SMILES string of the molecule is CNC(CCc1cccs1)Cc1c(F)cccc1F. The fraction of sp³-hybridized carbons (Fsp3) is 0.333. The number of benzene rings is 1. The molecule has 1 aromatic heterocycles. The highest BCUT2D eigenvalue weighted by atomic mass is 32.1. The Morgan fingerprint density at radius 3 is 2.47 bits per heavy atom. The van der Waals surface area contributed by atoms with Crippen LogP contribution < -0.4 is 5.32 Å². The molecule has 0 saturated carbocycles. The lowest BCUT2D eigenvalue weighted by Gasteiger charge is -2.16. The van der Waals surface area contributed by atoms with E-state index in [-0.39, 0.29) is 11.6 Å². The molecule has 19 heavy (non-hydrogen) atoms. The van der Waals surface area contributed by atoms with Gasteiger partial charge in [-0.25, -0.2) is 8.78 Å². The van der Waals surface area contributed by atoms with Gasteiger partial charge in [0.2, 0.25) is 0 Å². The Hall–Kier alpha value is -1.26. The van der Waals surface area contributed by atoms with Crippen LogP contribution in [0.25, 0.3) is 0 Å². The molecule has 0 saturated heterocycles. The molecule has 2 rings (SSSR count). The number of likely N-dealkylation sites (N-methyl/N-ethyl adjacent to an activating group) is 1. The van der Waals surface area contributed by atoms with Gasteiger partial charge in [-0.15, -0.1) is 11.3 Å². The third-order valence-corrected chi connectivity index (χ3v) is 4.18. The standard InChI is InChI=1S/C15H17F2NS/c1-18-11(7-8-12-4-3-9-19-12)10-13-14(16)5-2-6-15(13)17/h2-6,9,11,18H,7-8,10H2,1H3. The van der Waals surface area contributed by atoms with Crippen LogP contribution in [0.15, 0.2) is 35.7 Å². The Labute approximate surface area is 116 Å². The Balaban J connectivity index is 1.98. The largest absolute Gasteiger partial charge is 0.317 e. The van der Waals surface area contributed by atoms with Crippen LogP contribution in [0, 0.1) is 11.6 Å². The van der Waals surface area contributed by atoms with Crippen LogP contribution in [-0.4, -0.2) is 13.1 Å². The van der Waals surface area contributed by atoms with E-state index in [0.717, 1.165) is 12.8 Å². The molecule has 1 unspecified atom stereocenters. The van der Waals surface area contributed by atoms with E-state index in [1.807, 2.05) is 18.5 Å². The third kappa shape index (κ3) is 3.85. The fourth-order valence-electron chi connectivity index (χ4n) is 2.09.